The lowest BCUT2D eigenvalue weighted by Gasteiger charge is -2.09. The van der Waals surface area contributed by atoms with E-state index in [2.05, 4.69) is 20.5 Å². The number of anilines is 1. The van der Waals surface area contributed by atoms with Crippen molar-refractivity contribution < 1.29 is 4.79 Å². The van der Waals surface area contributed by atoms with Crippen LogP contribution in [0.1, 0.15) is 65.9 Å². The van der Waals surface area contributed by atoms with Gasteiger partial charge in [0, 0.05) is 24.4 Å². The van der Waals surface area contributed by atoms with Gasteiger partial charge in [-0.3, -0.25) is 19.3 Å². The SMILES string of the molecule is Cc1c(C(=O)Nc2ccccc2-c2n[nH]c(C(C)C)n2)sc2nc3n(c(=O)c12)CCCCC3. The largest absolute Gasteiger partial charge is 0.321 e. The van der Waals surface area contributed by atoms with E-state index in [1.54, 1.807) is 4.57 Å². The number of fused-ring (bicyclic) bond motifs is 2. The summed E-state index contributed by atoms with van der Waals surface area (Å²) in [6.45, 7) is 6.60. The zero-order valence-electron chi connectivity index (χ0n) is 18.9. The number of nitrogens with one attached hydrogen (secondary N) is 2. The third kappa shape index (κ3) is 3.86. The molecule has 0 saturated carbocycles. The zero-order valence-corrected chi connectivity index (χ0v) is 19.8. The maximum Gasteiger partial charge on any atom is 0.266 e. The van der Waals surface area contributed by atoms with Gasteiger partial charge in [0.1, 0.15) is 16.5 Å². The summed E-state index contributed by atoms with van der Waals surface area (Å²) in [6.07, 6.45) is 3.91. The van der Waals surface area contributed by atoms with Gasteiger partial charge in [0.15, 0.2) is 5.82 Å². The van der Waals surface area contributed by atoms with Crippen molar-refractivity contribution in [3.05, 3.63) is 56.7 Å². The predicted octanol–water partition coefficient (Wildman–Crippen LogP) is 4.65. The van der Waals surface area contributed by atoms with Gasteiger partial charge in [0.05, 0.1) is 16.0 Å². The number of benzene rings is 1. The van der Waals surface area contributed by atoms with Gasteiger partial charge in [0.25, 0.3) is 11.5 Å². The number of aryl methyl sites for hydroxylation is 2. The molecule has 0 bridgehead atoms. The van der Waals surface area contributed by atoms with Gasteiger partial charge in [0.2, 0.25) is 0 Å². The van der Waals surface area contributed by atoms with Gasteiger partial charge in [-0.2, -0.15) is 5.10 Å². The molecule has 2 N–H and O–H groups in total. The van der Waals surface area contributed by atoms with Crippen molar-refractivity contribution in [3.63, 3.8) is 0 Å². The predicted molar refractivity (Wildman–Crippen MR) is 130 cm³/mol. The summed E-state index contributed by atoms with van der Waals surface area (Å²) < 4.78 is 1.79. The maximum absolute atomic E-state index is 13.3. The minimum absolute atomic E-state index is 0.0352. The first-order valence-electron chi connectivity index (χ1n) is 11.3. The van der Waals surface area contributed by atoms with Gasteiger partial charge in [-0.25, -0.2) is 9.97 Å². The van der Waals surface area contributed by atoms with Crippen molar-refractivity contribution in [1.29, 1.82) is 0 Å². The molecule has 8 nitrogen and oxygen atoms in total. The van der Waals surface area contributed by atoms with Gasteiger partial charge < -0.3 is 5.32 Å². The van der Waals surface area contributed by atoms with E-state index in [1.165, 1.54) is 11.3 Å². The topological polar surface area (TPSA) is 106 Å². The van der Waals surface area contributed by atoms with Crippen LogP contribution in [0.25, 0.3) is 21.6 Å². The smallest absolute Gasteiger partial charge is 0.266 e. The van der Waals surface area contributed by atoms with E-state index >= 15 is 0 Å². The van der Waals surface area contributed by atoms with Crippen LogP contribution in [0.15, 0.2) is 29.1 Å². The Labute approximate surface area is 195 Å². The normalized spacial score (nSPS) is 13.8. The number of hydrogen-bond acceptors (Lipinski definition) is 6. The molecule has 1 aliphatic rings. The highest BCUT2D eigenvalue weighted by Gasteiger charge is 2.23. The van der Waals surface area contributed by atoms with Crippen molar-refractivity contribution >= 4 is 33.1 Å². The van der Waals surface area contributed by atoms with Gasteiger partial charge in [-0.15, -0.1) is 11.3 Å². The molecule has 33 heavy (non-hydrogen) atoms. The molecule has 4 heterocycles. The van der Waals surface area contributed by atoms with Crippen molar-refractivity contribution in [2.75, 3.05) is 5.32 Å². The number of thiophene rings is 1. The fraction of sp³-hybridized carbons (Fsp3) is 0.375. The third-order valence-corrected chi connectivity index (χ3v) is 7.27. The van der Waals surface area contributed by atoms with E-state index in [-0.39, 0.29) is 17.4 Å². The number of H-pyrrole nitrogens is 1. The third-order valence-electron chi connectivity index (χ3n) is 6.08. The summed E-state index contributed by atoms with van der Waals surface area (Å²) in [5, 5.41) is 10.8. The van der Waals surface area contributed by atoms with E-state index in [1.807, 2.05) is 45.0 Å². The molecule has 0 radical (unpaired) electrons. The second kappa shape index (κ2) is 8.55. The average molecular weight is 463 g/mol. The number of para-hydroxylation sites is 1. The van der Waals surface area contributed by atoms with Crippen LogP contribution < -0.4 is 10.9 Å². The van der Waals surface area contributed by atoms with E-state index < -0.39 is 0 Å². The molecule has 4 aromatic rings. The summed E-state index contributed by atoms with van der Waals surface area (Å²) in [5.74, 6) is 2.11. The first-order chi connectivity index (χ1) is 15.9. The molecular formula is C24H26N6O2S. The molecule has 9 heteroatoms. The Morgan fingerprint density at radius 1 is 1.18 bits per heavy atom. The Hall–Kier alpha value is -3.33. The Morgan fingerprint density at radius 2 is 2.00 bits per heavy atom. The number of amides is 1. The van der Waals surface area contributed by atoms with Crippen LogP contribution in [0, 0.1) is 6.92 Å². The first kappa shape index (κ1) is 21.5. The number of aromatic nitrogens is 5. The zero-order chi connectivity index (χ0) is 23.1. The monoisotopic (exact) mass is 462 g/mol. The second-order valence-corrected chi connectivity index (χ2v) is 9.73. The maximum atomic E-state index is 13.3. The minimum atomic E-state index is -0.262. The Morgan fingerprint density at radius 3 is 2.79 bits per heavy atom. The standard InChI is InChI=1S/C24H26N6O2S/c1-13(2)20-27-21(29-28-20)15-9-6-7-10-16(15)25-22(31)19-14(3)18-23(33-19)26-17-11-5-4-8-12-30(17)24(18)32/h6-7,9-10,13H,4-5,8,11-12H2,1-3H3,(H,25,31)(H,27,28,29). The van der Waals surface area contributed by atoms with Crippen LogP contribution >= 0.6 is 11.3 Å². The van der Waals surface area contributed by atoms with Crippen molar-refractivity contribution in [3.8, 4) is 11.4 Å². The lowest BCUT2D eigenvalue weighted by Crippen LogP contribution is -2.24. The molecule has 3 aromatic heterocycles. The molecule has 0 fully saturated rings. The quantitative estimate of drug-likeness (QED) is 0.459. The molecule has 1 amide bonds. The van der Waals surface area contributed by atoms with Crippen LogP contribution in [0.4, 0.5) is 5.69 Å². The highest BCUT2D eigenvalue weighted by atomic mass is 32.1. The average Bonchev–Trinajstić information content (AvgIpc) is 3.33. The Kier molecular flexibility index (Phi) is 5.57. The molecule has 0 atom stereocenters. The van der Waals surface area contributed by atoms with Crippen LogP contribution in [-0.2, 0) is 13.0 Å². The second-order valence-electron chi connectivity index (χ2n) is 8.73. The fourth-order valence-corrected chi connectivity index (χ4v) is 5.33. The van der Waals surface area contributed by atoms with Crippen molar-refractivity contribution in [2.45, 2.75) is 58.9 Å². The molecule has 5 rings (SSSR count). The van der Waals surface area contributed by atoms with Crippen LogP contribution in [0.5, 0.6) is 0 Å². The summed E-state index contributed by atoms with van der Waals surface area (Å²) >= 11 is 1.28. The number of rotatable bonds is 4. The van der Waals surface area contributed by atoms with E-state index in [0.717, 1.165) is 42.9 Å². The summed E-state index contributed by atoms with van der Waals surface area (Å²) in [7, 11) is 0. The lowest BCUT2D eigenvalue weighted by molar-refractivity contribution is 0.103. The van der Waals surface area contributed by atoms with Crippen molar-refractivity contribution in [2.24, 2.45) is 0 Å². The molecule has 1 aromatic carbocycles. The highest BCUT2D eigenvalue weighted by molar-refractivity contribution is 7.20. The van der Waals surface area contributed by atoms with Crippen LogP contribution in [0.2, 0.25) is 0 Å². The van der Waals surface area contributed by atoms with E-state index in [0.29, 0.717) is 38.7 Å². The lowest BCUT2D eigenvalue weighted by atomic mass is 10.1. The van der Waals surface area contributed by atoms with Crippen LogP contribution in [0.3, 0.4) is 0 Å². The van der Waals surface area contributed by atoms with Gasteiger partial charge in [-0.1, -0.05) is 32.4 Å². The minimum Gasteiger partial charge on any atom is -0.321 e. The summed E-state index contributed by atoms with van der Waals surface area (Å²) in [4.78, 5) is 37.0. The summed E-state index contributed by atoms with van der Waals surface area (Å²) in [6, 6.07) is 7.46. The van der Waals surface area contributed by atoms with E-state index in [9.17, 15) is 9.59 Å². The number of nitrogens with zero attached hydrogens (tertiary/aromatic N) is 4. The molecule has 0 aliphatic carbocycles. The summed E-state index contributed by atoms with van der Waals surface area (Å²) in [5.41, 5.74) is 2.00. The number of aromatic amines is 1. The first-order valence-corrected chi connectivity index (χ1v) is 12.1. The molecule has 1 aliphatic heterocycles. The number of carbonyl (C=O) groups is 1. The number of hydrogen-bond donors (Lipinski definition) is 2. The molecule has 0 unspecified atom stereocenters. The molecular weight excluding hydrogens is 436 g/mol. The Balaban J connectivity index is 1.51. The van der Waals surface area contributed by atoms with Crippen molar-refractivity contribution in [1.82, 2.24) is 24.7 Å². The van der Waals surface area contributed by atoms with Gasteiger partial charge in [-0.05, 0) is 37.5 Å². The highest BCUT2D eigenvalue weighted by Crippen LogP contribution is 2.31. The number of carbonyl (C=O) groups excluding carboxylic acids is 1. The fourth-order valence-electron chi connectivity index (χ4n) is 4.25. The molecule has 170 valence electrons. The van der Waals surface area contributed by atoms with E-state index in [4.69, 9.17) is 4.98 Å². The molecule has 0 spiro atoms. The van der Waals surface area contributed by atoms with Crippen LogP contribution in [-0.4, -0.2) is 30.6 Å². The molecule has 0 saturated heterocycles. The van der Waals surface area contributed by atoms with Gasteiger partial charge >= 0.3 is 0 Å². The Bertz CT molecular complexity index is 1410.